The summed E-state index contributed by atoms with van der Waals surface area (Å²) in [7, 11) is 0. The number of anilines is 1. The molecule has 1 aromatic rings. The number of halogens is 1. The van der Waals surface area contributed by atoms with E-state index in [9.17, 15) is 0 Å². The maximum atomic E-state index is 5.82. The lowest BCUT2D eigenvalue weighted by molar-refractivity contribution is 0.739. The van der Waals surface area contributed by atoms with Crippen LogP contribution in [-0.4, -0.2) is 13.1 Å². The van der Waals surface area contributed by atoms with Gasteiger partial charge in [0.2, 0.25) is 0 Å². The lowest BCUT2D eigenvalue weighted by Gasteiger charge is -2.26. The fourth-order valence-electron chi connectivity index (χ4n) is 1.94. The molecule has 0 fully saturated rings. The van der Waals surface area contributed by atoms with Gasteiger partial charge in [0.25, 0.3) is 0 Å². The average Bonchev–Trinajstić information content (AvgIpc) is 2.28. The summed E-state index contributed by atoms with van der Waals surface area (Å²) in [4.78, 5) is 2.42. The molecular formula is C13H21BrN2. The molecule has 2 nitrogen and oxygen atoms in total. The zero-order valence-corrected chi connectivity index (χ0v) is 11.8. The molecule has 0 saturated heterocycles. The Hall–Kier alpha value is -0.540. The van der Waals surface area contributed by atoms with Crippen molar-refractivity contribution >= 4 is 21.6 Å². The molecule has 0 bridgehead atoms. The van der Waals surface area contributed by atoms with Gasteiger partial charge in [-0.05, 0) is 25.0 Å². The summed E-state index contributed by atoms with van der Waals surface area (Å²) in [5.74, 6) is 0. The van der Waals surface area contributed by atoms with Crippen molar-refractivity contribution in [3.05, 3.63) is 28.2 Å². The quantitative estimate of drug-likeness (QED) is 0.866. The molecule has 2 N–H and O–H groups in total. The minimum Gasteiger partial charge on any atom is -0.371 e. The third kappa shape index (κ3) is 3.22. The Labute approximate surface area is 107 Å². The fourth-order valence-corrected chi connectivity index (χ4v) is 2.46. The second-order valence-corrected chi connectivity index (χ2v) is 4.78. The van der Waals surface area contributed by atoms with E-state index < -0.39 is 0 Å². The number of hydrogen-bond donors (Lipinski definition) is 1. The summed E-state index contributed by atoms with van der Waals surface area (Å²) >= 11 is 3.57. The molecule has 0 spiro atoms. The maximum absolute atomic E-state index is 5.82. The molecule has 3 heteroatoms. The van der Waals surface area contributed by atoms with Crippen molar-refractivity contribution in [2.75, 3.05) is 18.0 Å². The van der Waals surface area contributed by atoms with Crippen molar-refractivity contribution in [1.29, 1.82) is 0 Å². The number of nitrogens with two attached hydrogens (primary N) is 1. The minimum atomic E-state index is 0.584. The Morgan fingerprint density at radius 3 is 2.31 bits per heavy atom. The molecule has 0 unspecified atom stereocenters. The van der Waals surface area contributed by atoms with Gasteiger partial charge in [-0.3, -0.25) is 0 Å². The summed E-state index contributed by atoms with van der Waals surface area (Å²) < 4.78 is 1.12. The molecular weight excluding hydrogens is 264 g/mol. The Bertz CT molecular complexity index is 320. The van der Waals surface area contributed by atoms with E-state index in [0.29, 0.717) is 6.54 Å². The van der Waals surface area contributed by atoms with Crippen LogP contribution in [-0.2, 0) is 6.54 Å². The number of nitrogens with zero attached hydrogens (tertiary/aromatic N) is 1. The highest BCUT2D eigenvalue weighted by atomic mass is 79.9. The van der Waals surface area contributed by atoms with Gasteiger partial charge in [0.15, 0.2) is 0 Å². The molecule has 1 aromatic carbocycles. The van der Waals surface area contributed by atoms with Crippen molar-refractivity contribution in [2.24, 2.45) is 5.73 Å². The van der Waals surface area contributed by atoms with Crippen LogP contribution >= 0.6 is 15.9 Å². The fraction of sp³-hybridized carbons (Fsp3) is 0.538. The van der Waals surface area contributed by atoms with Gasteiger partial charge in [-0.2, -0.15) is 0 Å². The smallest absolute Gasteiger partial charge is 0.0423 e. The maximum Gasteiger partial charge on any atom is 0.0423 e. The van der Waals surface area contributed by atoms with Gasteiger partial charge in [0.1, 0.15) is 0 Å². The standard InChI is InChI=1S/C13H21BrN2/c1-3-8-16(9-4-2)13-7-5-6-12(14)11(13)10-15/h5-7H,3-4,8-10,15H2,1-2H3. The summed E-state index contributed by atoms with van der Waals surface area (Å²) in [6.07, 6.45) is 2.33. The van der Waals surface area contributed by atoms with Gasteiger partial charge in [-0.15, -0.1) is 0 Å². The van der Waals surface area contributed by atoms with Crippen LogP contribution in [0.1, 0.15) is 32.3 Å². The van der Waals surface area contributed by atoms with Crippen LogP contribution in [0.5, 0.6) is 0 Å². The Morgan fingerprint density at radius 2 is 1.81 bits per heavy atom. The van der Waals surface area contributed by atoms with E-state index in [1.165, 1.54) is 11.3 Å². The van der Waals surface area contributed by atoms with Crippen LogP contribution in [0.15, 0.2) is 22.7 Å². The van der Waals surface area contributed by atoms with E-state index in [-0.39, 0.29) is 0 Å². The van der Waals surface area contributed by atoms with Gasteiger partial charge in [-0.25, -0.2) is 0 Å². The number of hydrogen-bond acceptors (Lipinski definition) is 2. The lowest BCUT2D eigenvalue weighted by Crippen LogP contribution is -2.26. The topological polar surface area (TPSA) is 29.3 Å². The molecule has 90 valence electrons. The van der Waals surface area contributed by atoms with Crippen LogP contribution in [0.2, 0.25) is 0 Å². The van der Waals surface area contributed by atoms with E-state index >= 15 is 0 Å². The largest absolute Gasteiger partial charge is 0.371 e. The van der Waals surface area contributed by atoms with E-state index in [4.69, 9.17) is 5.73 Å². The van der Waals surface area contributed by atoms with Crippen LogP contribution in [0.3, 0.4) is 0 Å². The third-order valence-corrected chi connectivity index (χ3v) is 3.37. The van der Waals surface area contributed by atoms with E-state index in [2.05, 4.69) is 52.9 Å². The first-order valence-corrected chi connectivity index (χ1v) is 6.76. The Balaban J connectivity index is 3.02. The predicted octanol–water partition coefficient (Wildman–Crippen LogP) is 3.53. The molecule has 0 aliphatic rings. The van der Waals surface area contributed by atoms with E-state index in [0.717, 1.165) is 30.4 Å². The molecule has 1 rings (SSSR count). The SMILES string of the molecule is CCCN(CCC)c1cccc(Br)c1CN. The summed E-state index contributed by atoms with van der Waals surface area (Å²) in [5.41, 5.74) is 8.32. The van der Waals surface area contributed by atoms with Gasteiger partial charge in [0, 0.05) is 35.4 Å². The number of rotatable bonds is 6. The summed E-state index contributed by atoms with van der Waals surface area (Å²) in [6, 6.07) is 6.30. The molecule has 0 aliphatic heterocycles. The van der Waals surface area contributed by atoms with E-state index in [1.807, 2.05) is 0 Å². The molecule has 0 aromatic heterocycles. The van der Waals surface area contributed by atoms with Crippen molar-refractivity contribution in [1.82, 2.24) is 0 Å². The molecule has 0 radical (unpaired) electrons. The minimum absolute atomic E-state index is 0.584. The van der Waals surface area contributed by atoms with Crippen molar-refractivity contribution < 1.29 is 0 Å². The van der Waals surface area contributed by atoms with Gasteiger partial charge in [-0.1, -0.05) is 35.8 Å². The first-order valence-electron chi connectivity index (χ1n) is 5.97. The Kier molecular flexibility index (Phi) is 5.85. The summed E-state index contributed by atoms with van der Waals surface area (Å²) in [6.45, 7) is 7.20. The highest BCUT2D eigenvalue weighted by Gasteiger charge is 2.10. The first-order chi connectivity index (χ1) is 7.74. The van der Waals surface area contributed by atoms with Crippen LogP contribution in [0.25, 0.3) is 0 Å². The highest BCUT2D eigenvalue weighted by Crippen LogP contribution is 2.27. The molecule has 0 heterocycles. The predicted molar refractivity (Wildman–Crippen MR) is 74.8 cm³/mol. The molecule has 16 heavy (non-hydrogen) atoms. The highest BCUT2D eigenvalue weighted by molar-refractivity contribution is 9.10. The van der Waals surface area contributed by atoms with Crippen LogP contribution < -0.4 is 10.6 Å². The van der Waals surface area contributed by atoms with Crippen molar-refractivity contribution in [3.63, 3.8) is 0 Å². The second kappa shape index (κ2) is 6.92. The first kappa shape index (κ1) is 13.5. The zero-order chi connectivity index (χ0) is 12.0. The molecule has 0 saturated carbocycles. The van der Waals surface area contributed by atoms with Crippen LogP contribution in [0, 0.1) is 0 Å². The lowest BCUT2D eigenvalue weighted by atomic mass is 10.1. The molecule has 0 atom stereocenters. The van der Waals surface area contributed by atoms with Crippen molar-refractivity contribution in [3.8, 4) is 0 Å². The van der Waals surface area contributed by atoms with Gasteiger partial charge in [0.05, 0.1) is 0 Å². The summed E-state index contributed by atoms with van der Waals surface area (Å²) in [5, 5.41) is 0. The molecule has 0 amide bonds. The van der Waals surface area contributed by atoms with Crippen molar-refractivity contribution in [2.45, 2.75) is 33.2 Å². The zero-order valence-electron chi connectivity index (χ0n) is 10.2. The molecule has 0 aliphatic carbocycles. The second-order valence-electron chi connectivity index (χ2n) is 3.93. The Morgan fingerprint density at radius 1 is 1.19 bits per heavy atom. The van der Waals surface area contributed by atoms with Crippen LogP contribution in [0.4, 0.5) is 5.69 Å². The number of benzene rings is 1. The third-order valence-electron chi connectivity index (χ3n) is 2.63. The van der Waals surface area contributed by atoms with Gasteiger partial charge >= 0.3 is 0 Å². The normalized spacial score (nSPS) is 10.5. The monoisotopic (exact) mass is 284 g/mol. The average molecular weight is 285 g/mol. The van der Waals surface area contributed by atoms with Gasteiger partial charge < -0.3 is 10.6 Å². The van der Waals surface area contributed by atoms with E-state index in [1.54, 1.807) is 0 Å².